The molecule has 7 rings (SSSR count). The third-order valence-electron chi connectivity index (χ3n) is 9.01. The van der Waals surface area contributed by atoms with Crippen LogP contribution in [0.15, 0.2) is 94.6 Å². The lowest BCUT2D eigenvalue weighted by atomic mass is 10.1. The van der Waals surface area contributed by atoms with E-state index < -0.39 is 48.0 Å². The van der Waals surface area contributed by atoms with Crippen LogP contribution in [0.3, 0.4) is 0 Å². The molecule has 0 unspecified atom stereocenters. The largest absolute Gasteiger partial charge is 0.417 e. The lowest BCUT2D eigenvalue weighted by Crippen LogP contribution is -2.47. The number of hydrogen-bond acceptors (Lipinski definition) is 6. The van der Waals surface area contributed by atoms with Gasteiger partial charge in [-0.15, -0.1) is 0 Å². The highest BCUT2D eigenvalue weighted by molar-refractivity contribution is 9.10. The maximum Gasteiger partial charge on any atom is 0.417 e. The van der Waals surface area contributed by atoms with Crippen LogP contribution in [0, 0.1) is 0 Å². The van der Waals surface area contributed by atoms with Gasteiger partial charge in [0.15, 0.2) is 5.82 Å². The van der Waals surface area contributed by atoms with Crippen LogP contribution in [0.25, 0.3) is 28.0 Å². The number of carbonyl (C=O) groups is 2. The number of alkyl halides is 6. The third-order valence-corrected chi connectivity index (χ3v) is 9.71. The van der Waals surface area contributed by atoms with Gasteiger partial charge in [0.1, 0.15) is 12.2 Å². The molecule has 3 aromatic heterocycles. The second-order valence-corrected chi connectivity index (χ2v) is 13.4. The molecule has 4 heterocycles. The first-order valence-electron chi connectivity index (χ1n) is 16.3. The predicted octanol–water partition coefficient (Wildman–Crippen LogP) is 6.76. The molecule has 11 nitrogen and oxygen atoms in total. The molecular weight excluding hydrogens is 786 g/mol. The van der Waals surface area contributed by atoms with Gasteiger partial charge in [-0.1, -0.05) is 40.2 Å². The first-order chi connectivity index (χ1) is 25.6. The Balaban J connectivity index is 1.30. The second-order valence-electron chi connectivity index (χ2n) is 12.6. The smallest absolute Gasteiger partial charge is 0.347 e. The van der Waals surface area contributed by atoms with Gasteiger partial charge in [-0.25, -0.2) is 14.8 Å². The number of carbonyl (C=O) groups excluding carboxylic acids is 2. The summed E-state index contributed by atoms with van der Waals surface area (Å²) < 4.78 is 83.8. The maximum absolute atomic E-state index is 14.3. The van der Waals surface area contributed by atoms with Gasteiger partial charge < -0.3 is 10.2 Å². The Hall–Kier alpha value is -5.78. The maximum atomic E-state index is 14.3. The molecule has 0 bridgehead atoms. The minimum Gasteiger partial charge on any atom is -0.347 e. The van der Waals surface area contributed by atoms with Gasteiger partial charge in [-0.3, -0.25) is 23.4 Å². The Bertz CT molecular complexity index is 2470. The zero-order valence-corrected chi connectivity index (χ0v) is 29.6. The predicted molar refractivity (Wildman–Crippen MR) is 186 cm³/mol. The fourth-order valence-electron chi connectivity index (χ4n) is 6.50. The summed E-state index contributed by atoms with van der Waals surface area (Å²) in [6.45, 7) is -0.215. The molecule has 0 aliphatic carbocycles. The molecule has 6 aromatic rings. The average molecular weight is 814 g/mol. The van der Waals surface area contributed by atoms with E-state index in [4.69, 9.17) is 0 Å². The van der Waals surface area contributed by atoms with Crippen molar-refractivity contribution in [2.45, 2.75) is 51.5 Å². The number of rotatable bonds is 7. The quantitative estimate of drug-likeness (QED) is 0.178. The number of hydrogen-bond donors (Lipinski definition) is 1. The van der Waals surface area contributed by atoms with Crippen molar-refractivity contribution < 1.29 is 35.9 Å². The summed E-state index contributed by atoms with van der Waals surface area (Å²) in [6, 6.07) is 15.3. The first kappa shape index (κ1) is 36.6. The molecule has 278 valence electrons. The van der Waals surface area contributed by atoms with Gasteiger partial charge in [0.05, 0.1) is 35.2 Å². The Morgan fingerprint density at radius 2 is 1.70 bits per heavy atom. The van der Waals surface area contributed by atoms with Crippen LogP contribution >= 0.6 is 15.9 Å². The number of benzene rings is 3. The number of aromatic nitrogens is 6. The van der Waals surface area contributed by atoms with Crippen molar-refractivity contribution >= 4 is 38.6 Å². The monoisotopic (exact) mass is 812 g/mol. The van der Waals surface area contributed by atoms with Crippen molar-refractivity contribution in [2.24, 2.45) is 0 Å². The van der Waals surface area contributed by atoms with Crippen molar-refractivity contribution in [2.75, 3.05) is 0 Å². The molecular formula is C36H27BrF6N8O3. The highest BCUT2D eigenvalue weighted by Crippen LogP contribution is 2.36. The Morgan fingerprint density at radius 3 is 2.43 bits per heavy atom. The second kappa shape index (κ2) is 13.9. The van der Waals surface area contributed by atoms with E-state index >= 15 is 0 Å². The van der Waals surface area contributed by atoms with E-state index in [1.54, 1.807) is 49.6 Å². The van der Waals surface area contributed by atoms with Crippen molar-refractivity contribution in [1.29, 1.82) is 0 Å². The van der Waals surface area contributed by atoms with Gasteiger partial charge in [0.2, 0.25) is 0 Å². The van der Waals surface area contributed by atoms with E-state index in [2.05, 4.69) is 36.3 Å². The number of imidazole rings is 1. The van der Waals surface area contributed by atoms with Gasteiger partial charge in [0, 0.05) is 52.5 Å². The molecule has 0 radical (unpaired) electrons. The van der Waals surface area contributed by atoms with E-state index in [1.165, 1.54) is 39.9 Å². The van der Waals surface area contributed by atoms with Gasteiger partial charge in [-0.05, 0) is 55.0 Å². The molecule has 1 N–H and O–H groups in total. The fraction of sp³-hybridized carbons (Fsp3) is 0.222. The highest BCUT2D eigenvalue weighted by Gasteiger charge is 2.38. The minimum absolute atomic E-state index is 0.0481. The number of halogens is 7. The summed E-state index contributed by atoms with van der Waals surface area (Å²) in [5, 5.41) is 6.95. The van der Waals surface area contributed by atoms with E-state index in [-0.39, 0.29) is 57.6 Å². The van der Waals surface area contributed by atoms with Crippen molar-refractivity contribution in [3.8, 4) is 17.1 Å². The Kier molecular flexibility index (Phi) is 9.41. The molecule has 1 aliphatic heterocycles. The normalized spacial score (nSPS) is 14.7. The summed E-state index contributed by atoms with van der Waals surface area (Å²) >= 11 is 2.89. The minimum atomic E-state index is -4.75. The van der Waals surface area contributed by atoms with E-state index in [0.29, 0.717) is 17.0 Å². The van der Waals surface area contributed by atoms with E-state index in [1.807, 2.05) is 0 Å². The zero-order valence-electron chi connectivity index (χ0n) is 28.0. The molecule has 3 aromatic carbocycles. The van der Waals surface area contributed by atoms with Crippen LogP contribution in [0.4, 0.5) is 26.3 Å². The van der Waals surface area contributed by atoms with Crippen LogP contribution in [0.2, 0.25) is 0 Å². The van der Waals surface area contributed by atoms with Crippen LogP contribution in [0.5, 0.6) is 0 Å². The molecule has 2 amide bonds. The number of fused-ring (bicyclic) bond motifs is 2. The average Bonchev–Trinajstić information content (AvgIpc) is 3.65. The molecule has 1 atom stereocenters. The molecule has 0 saturated carbocycles. The van der Waals surface area contributed by atoms with Gasteiger partial charge >= 0.3 is 18.0 Å². The topological polar surface area (TPSA) is 120 Å². The summed E-state index contributed by atoms with van der Waals surface area (Å²) in [7, 11) is 0. The molecule has 0 spiro atoms. The summed E-state index contributed by atoms with van der Waals surface area (Å²) in [5.74, 6) is -1.08. The number of nitrogens with zero attached hydrogens (tertiary/aromatic N) is 7. The van der Waals surface area contributed by atoms with Crippen LogP contribution in [0.1, 0.15) is 44.6 Å². The van der Waals surface area contributed by atoms with E-state index in [0.717, 1.165) is 21.4 Å². The van der Waals surface area contributed by atoms with Gasteiger partial charge in [-0.2, -0.15) is 31.4 Å². The summed E-state index contributed by atoms with van der Waals surface area (Å²) in [6.07, 6.45) is -4.94. The van der Waals surface area contributed by atoms with Crippen LogP contribution in [-0.4, -0.2) is 57.8 Å². The summed E-state index contributed by atoms with van der Waals surface area (Å²) in [4.78, 5) is 52.2. The molecule has 0 fully saturated rings. The Labute approximate surface area is 310 Å². The SMILES string of the molecule is C[C@@H]1Cn2c(c(C(=O)NCc3ccccc3-c3ncccn3)n(-c3ccc4c(cnn4CC(F)(F)F)c3)c2=O)CN1C(=O)c1ccc(Br)c(C(F)(F)F)c1. The van der Waals surface area contributed by atoms with Crippen LogP contribution in [-0.2, 0) is 32.4 Å². The molecule has 18 heteroatoms. The Morgan fingerprint density at radius 1 is 0.963 bits per heavy atom. The standard InChI is InChI=1S/C36H27BrF6N8O3/c1-20-17-49-29(18-48(20)33(53)21-7-9-27(37)26(14-21)36(41,42)43)30(32(52)46-15-22-5-2-3-6-25(22)31-44-11-4-12-45-31)51(34(49)54)24-8-10-28-23(13-24)16-47-50(28)19-35(38,39)40/h2-14,16,20H,15,17-19H2,1H3,(H,46,52)/t20-/m1/s1. The van der Waals surface area contributed by atoms with Crippen molar-refractivity contribution in [3.05, 3.63) is 128 Å². The van der Waals surface area contributed by atoms with E-state index in [9.17, 15) is 40.7 Å². The molecule has 1 aliphatic rings. The lowest BCUT2D eigenvalue weighted by Gasteiger charge is -2.34. The zero-order chi connectivity index (χ0) is 38.5. The highest BCUT2D eigenvalue weighted by atomic mass is 79.9. The van der Waals surface area contributed by atoms with Crippen molar-refractivity contribution in [1.82, 2.24) is 39.1 Å². The van der Waals surface area contributed by atoms with Gasteiger partial charge in [0.25, 0.3) is 11.8 Å². The molecule has 0 saturated heterocycles. The summed E-state index contributed by atoms with van der Waals surface area (Å²) in [5.41, 5.74) is -0.493. The fourth-order valence-corrected chi connectivity index (χ4v) is 6.97. The first-order valence-corrected chi connectivity index (χ1v) is 17.1. The van der Waals surface area contributed by atoms with Crippen LogP contribution < -0.4 is 11.0 Å². The molecule has 54 heavy (non-hydrogen) atoms. The lowest BCUT2D eigenvalue weighted by molar-refractivity contribution is -0.142. The van der Waals surface area contributed by atoms with Crippen molar-refractivity contribution in [3.63, 3.8) is 0 Å². The third kappa shape index (κ3) is 7.00. The number of nitrogens with one attached hydrogen (secondary N) is 1. The number of amides is 2.